The fourth-order valence-electron chi connectivity index (χ4n) is 1.16. The molecule has 14 heavy (non-hydrogen) atoms. The van der Waals surface area contributed by atoms with Crippen LogP contribution in [0.15, 0.2) is 0 Å². The number of amides is 1. The Hall–Kier alpha value is -1.52. The number of hydrogen-bond acceptors (Lipinski definition) is 3. The summed E-state index contributed by atoms with van der Waals surface area (Å²) in [6.07, 6.45) is 0.744. The van der Waals surface area contributed by atoms with E-state index in [1.807, 2.05) is 20.8 Å². The molecule has 4 N–H and O–H groups in total. The lowest BCUT2D eigenvalue weighted by Crippen LogP contribution is -2.30. The van der Waals surface area contributed by atoms with Crippen molar-refractivity contribution < 1.29 is 4.79 Å². The molecule has 0 saturated carbocycles. The zero-order chi connectivity index (χ0) is 10.7. The van der Waals surface area contributed by atoms with Gasteiger partial charge < -0.3 is 11.1 Å². The number of anilines is 1. The van der Waals surface area contributed by atoms with E-state index in [0.29, 0.717) is 5.69 Å². The molecular weight excluding hydrogens is 180 g/mol. The van der Waals surface area contributed by atoms with Gasteiger partial charge in [0.25, 0.3) is 5.91 Å². The summed E-state index contributed by atoms with van der Waals surface area (Å²) in [5.74, 6) is -0.228. The first-order valence-electron chi connectivity index (χ1n) is 4.69. The third-order valence-corrected chi connectivity index (χ3v) is 1.87. The zero-order valence-electron chi connectivity index (χ0n) is 8.72. The van der Waals surface area contributed by atoms with Gasteiger partial charge in [0, 0.05) is 6.04 Å². The first-order chi connectivity index (χ1) is 6.56. The fourth-order valence-corrected chi connectivity index (χ4v) is 1.16. The zero-order valence-corrected chi connectivity index (χ0v) is 8.72. The number of nitrogen functional groups attached to an aromatic ring is 1. The maximum Gasteiger partial charge on any atom is 0.274 e. The molecule has 1 heterocycles. The van der Waals surface area contributed by atoms with Crippen molar-refractivity contribution in [1.82, 2.24) is 15.5 Å². The smallest absolute Gasteiger partial charge is 0.274 e. The molecule has 0 bridgehead atoms. The Balaban J connectivity index is 2.85. The molecule has 0 saturated heterocycles. The predicted octanol–water partition coefficient (Wildman–Crippen LogP) is 0.692. The number of nitrogens with two attached hydrogens (primary N) is 1. The van der Waals surface area contributed by atoms with Gasteiger partial charge in [0.2, 0.25) is 0 Å². The van der Waals surface area contributed by atoms with Crippen LogP contribution in [-0.4, -0.2) is 22.1 Å². The van der Waals surface area contributed by atoms with Gasteiger partial charge in [0.1, 0.15) is 0 Å². The Morgan fingerprint density at radius 1 is 1.64 bits per heavy atom. The standard InChI is InChI=1S/C9H16N4O/c1-4-6-7(10)8(13-12-6)9(14)11-5(2)3/h5H,4,10H2,1-3H3,(H,11,14)(H,12,13). The van der Waals surface area contributed by atoms with E-state index in [1.165, 1.54) is 0 Å². The SMILES string of the molecule is CCc1[nH]nc(C(=O)NC(C)C)c1N. The lowest BCUT2D eigenvalue weighted by Gasteiger charge is -2.06. The molecule has 5 nitrogen and oxygen atoms in total. The van der Waals surface area contributed by atoms with Crippen LogP contribution in [0.1, 0.15) is 37.0 Å². The van der Waals surface area contributed by atoms with Crippen molar-refractivity contribution in [2.75, 3.05) is 5.73 Å². The van der Waals surface area contributed by atoms with Crippen molar-refractivity contribution in [2.45, 2.75) is 33.2 Å². The highest BCUT2D eigenvalue weighted by Gasteiger charge is 2.16. The summed E-state index contributed by atoms with van der Waals surface area (Å²) >= 11 is 0. The molecule has 0 aliphatic heterocycles. The Bertz CT molecular complexity index is 330. The predicted molar refractivity (Wildman–Crippen MR) is 55.0 cm³/mol. The minimum absolute atomic E-state index is 0.0867. The molecule has 0 radical (unpaired) electrons. The average Bonchev–Trinajstić information content (AvgIpc) is 2.45. The normalized spacial score (nSPS) is 10.6. The molecule has 0 aliphatic carbocycles. The third kappa shape index (κ3) is 2.04. The molecule has 1 rings (SSSR count). The molecule has 0 aliphatic rings. The number of H-pyrrole nitrogens is 1. The van der Waals surface area contributed by atoms with E-state index in [-0.39, 0.29) is 17.6 Å². The minimum Gasteiger partial charge on any atom is -0.395 e. The molecule has 5 heteroatoms. The van der Waals surface area contributed by atoms with Crippen LogP contribution in [0.25, 0.3) is 0 Å². The number of nitrogens with one attached hydrogen (secondary N) is 2. The molecule has 0 spiro atoms. The largest absolute Gasteiger partial charge is 0.395 e. The molecule has 0 aromatic carbocycles. The van der Waals surface area contributed by atoms with Gasteiger partial charge in [-0.2, -0.15) is 5.10 Å². The Morgan fingerprint density at radius 3 is 2.71 bits per heavy atom. The average molecular weight is 196 g/mol. The molecule has 78 valence electrons. The van der Waals surface area contributed by atoms with Gasteiger partial charge in [-0.25, -0.2) is 0 Å². The monoisotopic (exact) mass is 196 g/mol. The van der Waals surface area contributed by atoms with Crippen LogP contribution in [0.3, 0.4) is 0 Å². The molecule has 1 amide bonds. The first kappa shape index (κ1) is 10.6. The summed E-state index contributed by atoms with van der Waals surface area (Å²) in [6, 6.07) is 0.0867. The van der Waals surface area contributed by atoms with E-state index in [1.54, 1.807) is 0 Å². The van der Waals surface area contributed by atoms with Crippen LogP contribution in [0, 0.1) is 0 Å². The van der Waals surface area contributed by atoms with Crippen LogP contribution in [0.2, 0.25) is 0 Å². The van der Waals surface area contributed by atoms with E-state index < -0.39 is 0 Å². The molecular formula is C9H16N4O. The van der Waals surface area contributed by atoms with E-state index in [9.17, 15) is 4.79 Å². The van der Waals surface area contributed by atoms with Crippen LogP contribution < -0.4 is 11.1 Å². The van der Waals surface area contributed by atoms with Gasteiger partial charge in [-0.1, -0.05) is 6.92 Å². The molecule has 0 fully saturated rings. The number of carbonyl (C=O) groups is 1. The van der Waals surface area contributed by atoms with Crippen molar-refractivity contribution in [3.8, 4) is 0 Å². The lowest BCUT2D eigenvalue weighted by atomic mass is 10.2. The van der Waals surface area contributed by atoms with Crippen LogP contribution in [0.4, 0.5) is 5.69 Å². The number of aromatic amines is 1. The summed E-state index contributed by atoms with van der Waals surface area (Å²) in [7, 11) is 0. The number of nitrogens with zero attached hydrogens (tertiary/aromatic N) is 1. The van der Waals surface area contributed by atoms with E-state index in [0.717, 1.165) is 12.1 Å². The molecule has 0 unspecified atom stereocenters. The second-order valence-electron chi connectivity index (χ2n) is 3.45. The van der Waals surface area contributed by atoms with Gasteiger partial charge in [-0.15, -0.1) is 0 Å². The van der Waals surface area contributed by atoms with Crippen LogP contribution >= 0.6 is 0 Å². The number of hydrogen-bond donors (Lipinski definition) is 3. The third-order valence-electron chi connectivity index (χ3n) is 1.87. The topological polar surface area (TPSA) is 83.8 Å². The van der Waals surface area contributed by atoms with Crippen molar-refractivity contribution >= 4 is 11.6 Å². The minimum atomic E-state index is -0.228. The Labute approximate surface area is 83.1 Å². The van der Waals surface area contributed by atoms with E-state index in [4.69, 9.17) is 5.73 Å². The molecule has 1 aromatic heterocycles. The van der Waals surface area contributed by atoms with Crippen molar-refractivity contribution in [1.29, 1.82) is 0 Å². The molecule has 1 aromatic rings. The maximum atomic E-state index is 11.5. The Kier molecular flexibility index (Phi) is 3.11. The lowest BCUT2D eigenvalue weighted by molar-refractivity contribution is 0.0939. The van der Waals surface area contributed by atoms with Gasteiger partial charge in [0.15, 0.2) is 5.69 Å². The Morgan fingerprint density at radius 2 is 2.29 bits per heavy atom. The van der Waals surface area contributed by atoms with Crippen molar-refractivity contribution in [3.63, 3.8) is 0 Å². The van der Waals surface area contributed by atoms with Crippen LogP contribution in [-0.2, 0) is 6.42 Å². The maximum absolute atomic E-state index is 11.5. The summed E-state index contributed by atoms with van der Waals surface area (Å²) in [5, 5.41) is 9.36. The van der Waals surface area contributed by atoms with E-state index >= 15 is 0 Å². The van der Waals surface area contributed by atoms with Crippen molar-refractivity contribution in [2.24, 2.45) is 0 Å². The summed E-state index contributed by atoms with van der Waals surface area (Å²) in [5.41, 5.74) is 7.28. The summed E-state index contributed by atoms with van der Waals surface area (Å²) in [6.45, 7) is 5.73. The fraction of sp³-hybridized carbons (Fsp3) is 0.556. The highest BCUT2D eigenvalue weighted by atomic mass is 16.2. The second kappa shape index (κ2) is 4.13. The first-order valence-corrected chi connectivity index (χ1v) is 4.69. The van der Waals surface area contributed by atoms with Crippen LogP contribution in [0.5, 0.6) is 0 Å². The number of carbonyl (C=O) groups excluding carboxylic acids is 1. The van der Waals surface area contributed by atoms with Gasteiger partial charge >= 0.3 is 0 Å². The summed E-state index contributed by atoms with van der Waals surface area (Å²) < 4.78 is 0. The second-order valence-corrected chi connectivity index (χ2v) is 3.45. The van der Waals surface area contributed by atoms with E-state index in [2.05, 4.69) is 15.5 Å². The quantitative estimate of drug-likeness (QED) is 0.665. The highest BCUT2D eigenvalue weighted by Crippen LogP contribution is 2.13. The number of aromatic nitrogens is 2. The van der Waals surface area contributed by atoms with Gasteiger partial charge in [-0.3, -0.25) is 9.89 Å². The van der Waals surface area contributed by atoms with Crippen molar-refractivity contribution in [3.05, 3.63) is 11.4 Å². The number of rotatable bonds is 3. The molecule has 0 atom stereocenters. The van der Waals surface area contributed by atoms with Gasteiger partial charge in [0.05, 0.1) is 11.4 Å². The summed E-state index contributed by atoms with van der Waals surface area (Å²) in [4.78, 5) is 11.5. The highest BCUT2D eigenvalue weighted by molar-refractivity contribution is 5.97. The number of aryl methyl sites for hydroxylation is 1. The van der Waals surface area contributed by atoms with Gasteiger partial charge in [-0.05, 0) is 20.3 Å².